The summed E-state index contributed by atoms with van der Waals surface area (Å²) in [5.74, 6) is -3.47. The van der Waals surface area contributed by atoms with E-state index in [9.17, 15) is 42.3 Å². The van der Waals surface area contributed by atoms with Crippen LogP contribution >= 0.6 is 0 Å². The van der Waals surface area contributed by atoms with E-state index in [1.54, 1.807) is 25.3 Å². The van der Waals surface area contributed by atoms with Crippen molar-refractivity contribution in [3.8, 4) is 23.0 Å². The number of nitrogens with zero attached hydrogens (tertiary/aromatic N) is 5. The summed E-state index contributed by atoms with van der Waals surface area (Å²) in [6, 6.07) is 5.12. The van der Waals surface area contributed by atoms with E-state index in [2.05, 4.69) is 9.72 Å². The minimum absolute atomic E-state index is 0.0741. The highest BCUT2D eigenvalue weighted by molar-refractivity contribution is 6.13. The number of rotatable bonds is 7. The number of benzene rings is 2. The van der Waals surface area contributed by atoms with Gasteiger partial charge in [-0.3, -0.25) is 14.4 Å². The average Bonchev–Trinajstić information content (AvgIpc) is 3.35. The number of phenolic OH excluding ortho intramolecular Hbond substituents is 1. The molecule has 17 heteroatoms. The number of allylic oxidation sites excluding steroid dienone is 4. The van der Waals surface area contributed by atoms with Crippen LogP contribution in [0.4, 0.5) is 13.2 Å². The molecule has 4 atom stereocenters. The molecule has 1 fully saturated rings. The number of carbonyl (C=O) groups is 2. The fourth-order valence-electron chi connectivity index (χ4n) is 8.18. The second kappa shape index (κ2) is 12.4. The van der Waals surface area contributed by atoms with E-state index in [4.69, 9.17) is 9.47 Å². The van der Waals surface area contributed by atoms with Crippen LogP contribution in [0.25, 0.3) is 11.0 Å². The van der Waals surface area contributed by atoms with Crippen molar-refractivity contribution in [1.82, 2.24) is 23.5 Å². The molecule has 0 spiro atoms. The van der Waals surface area contributed by atoms with Crippen molar-refractivity contribution >= 4 is 22.6 Å². The summed E-state index contributed by atoms with van der Waals surface area (Å²) in [6.07, 6.45) is -2.46. The smallest absolute Gasteiger partial charge is 0.508 e. The third kappa shape index (κ3) is 5.47. The molecular formula is C36H34F3N5O9. The maximum atomic E-state index is 14.2. The Hall–Kier alpha value is -5.87. The number of ketones is 2. The fraction of sp³-hybridized carbons (Fsp3) is 0.389. The van der Waals surface area contributed by atoms with Crippen molar-refractivity contribution in [3.63, 3.8) is 0 Å². The van der Waals surface area contributed by atoms with E-state index in [1.165, 1.54) is 48.1 Å². The van der Waals surface area contributed by atoms with E-state index < -0.39 is 69.7 Å². The molecule has 0 radical (unpaired) electrons. The van der Waals surface area contributed by atoms with Gasteiger partial charge in [0.1, 0.15) is 17.2 Å². The summed E-state index contributed by atoms with van der Waals surface area (Å²) in [5, 5.41) is 11.1. The zero-order valence-corrected chi connectivity index (χ0v) is 29.2. The number of alkyl halides is 3. The van der Waals surface area contributed by atoms with Gasteiger partial charge in [0, 0.05) is 49.5 Å². The number of carbonyl (C=O) groups excluding carboxylic acids is 2. The lowest BCUT2D eigenvalue weighted by atomic mass is 9.51. The predicted octanol–water partition coefficient (Wildman–Crippen LogP) is 3.31. The number of fused-ring (bicyclic) bond motifs is 5. The van der Waals surface area contributed by atoms with Gasteiger partial charge in [-0.25, -0.2) is 28.5 Å². The molecule has 0 unspecified atom stereocenters. The Morgan fingerprint density at radius 2 is 1.72 bits per heavy atom. The second-order valence-electron chi connectivity index (χ2n) is 13.6. The molecule has 0 amide bonds. The molecule has 1 N–H and O–H groups in total. The van der Waals surface area contributed by atoms with E-state index in [-0.39, 0.29) is 42.8 Å². The first-order chi connectivity index (χ1) is 25.0. The van der Waals surface area contributed by atoms with Crippen LogP contribution in [0.3, 0.4) is 0 Å². The van der Waals surface area contributed by atoms with E-state index in [0.717, 1.165) is 22.8 Å². The SMILES string of the molecule is COc1cc2nc(CCn3c(=O)n4n(c3=O)[C@@H]3C[C@H]5C(=O)C(C)=CC(=O)[C@@]5(C)[C@@H](c5cc(OC(F)(F)F)ccc5O)C3=CC4)c(=O)n(C)c2cc1OC. The second-order valence-corrected chi connectivity index (χ2v) is 13.6. The van der Waals surface area contributed by atoms with E-state index in [1.807, 2.05) is 0 Å². The minimum Gasteiger partial charge on any atom is -0.508 e. The molecule has 278 valence electrons. The van der Waals surface area contributed by atoms with Crippen LogP contribution in [-0.2, 0) is 36.1 Å². The summed E-state index contributed by atoms with van der Waals surface area (Å²) in [6.45, 7) is 2.59. The van der Waals surface area contributed by atoms with Crippen LogP contribution in [0.2, 0.25) is 0 Å². The van der Waals surface area contributed by atoms with Crippen molar-refractivity contribution in [2.45, 2.75) is 58.1 Å². The Morgan fingerprint density at radius 3 is 2.40 bits per heavy atom. The van der Waals surface area contributed by atoms with Crippen LogP contribution < -0.4 is 31.1 Å². The first-order valence-corrected chi connectivity index (χ1v) is 16.6. The number of phenols is 1. The zero-order valence-electron chi connectivity index (χ0n) is 29.2. The van der Waals surface area contributed by atoms with E-state index >= 15 is 0 Å². The molecular weight excluding hydrogens is 703 g/mol. The third-order valence-electron chi connectivity index (χ3n) is 10.8. The molecule has 0 bridgehead atoms. The lowest BCUT2D eigenvalue weighted by molar-refractivity contribution is -0.274. The van der Waals surface area contributed by atoms with Gasteiger partial charge in [0.25, 0.3) is 5.56 Å². The molecule has 53 heavy (non-hydrogen) atoms. The standard InChI is InChI=1S/C36H34F3N5O9/c1-17-12-29(46)35(2)21(31(17)47)14-24-19(30(35)20-13-18(6-7-26(20)45)53-36(37,38)39)8-11-43-33(49)42(34(50)44(24)43)10-9-22-32(48)41(3)25-16-28(52-5)27(51-4)15-23(25)40-22/h6-8,12-13,15-16,21,24,30,45H,9-11,14H2,1-5H3/t21-,24+,30+,35-/m0/s1. The summed E-state index contributed by atoms with van der Waals surface area (Å²) >= 11 is 0. The summed E-state index contributed by atoms with van der Waals surface area (Å²) in [5.41, 5.74) is -2.13. The van der Waals surface area contributed by atoms with Crippen molar-refractivity contribution < 1.29 is 42.1 Å². The molecule has 3 heterocycles. The highest BCUT2D eigenvalue weighted by Crippen LogP contribution is 2.61. The van der Waals surface area contributed by atoms with Gasteiger partial charge in [-0.15, -0.1) is 13.2 Å². The largest absolute Gasteiger partial charge is 0.573 e. The minimum atomic E-state index is -5.06. The lowest BCUT2D eigenvalue weighted by Crippen LogP contribution is -2.54. The molecule has 7 rings (SSSR count). The Morgan fingerprint density at radius 1 is 1.02 bits per heavy atom. The number of ether oxygens (including phenoxy) is 3. The highest BCUT2D eigenvalue weighted by atomic mass is 19.4. The zero-order chi connectivity index (χ0) is 38.3. The van der Waals surface area contributed by atoms with Crippen LogP contribution in [0.5, 0.6) is 23.0 Å². The first-order valence-electron chi connectivity index (χ1n) is 16.6. The van der Waals surface area contributed by atoms with Gasteiger partial charge in [0.15, 0.2) is 23.1 Å². The van der Waals surface area contributed by atoms with E-state index in [0.29, 0.717) is 28.1 Å². The predicted molar refractivity (Wildman–Crippen MR) is 181 cm³/mol. The van der Waals surface area contributed by atoms with Gasteiger partial charge in [0.05, 0.1) is 43.3 Å². The summed E-state index contributed by atoms with van der Waals surface area (Å²) in [7, 11) is 4.47. The van der Waals surface area contributed by atoms with Gasteiger partial charge in [-0.1, -0.05) is 13.0 Å². The van der Waals surface area contributed by atoms with Crippen LogP contribution in [0.1, 0.15) is 43.5 Å². The fourth-order valence-corrected chi connectivity index (χ4v) is 8.18. The van der Waals surface area contributed by atoms with Crippen LogP contribution in [0, 0.1) is 11.3 Å². The van der Waals surface area contributed by atoms with Gasteiger partial charge in [-0.05, 0) is 48.8 Å². The molecule has 2 aromatic carbocycles. The number of methoxy groups -OCH3 is 2. The Kier molecular flexibility index (Phi) is 8.30. The number of halogens is 3. The van der Waals surface area contributed by atoms with Gasteiger partial charge in [0.2, 0.25) is 0 Å². The van der Waals surface area contributed by atoms with Crippen LogP contribution in [0.15, 0.2) is 68.0 Å². The van der Waals surface area contributed by atoms with Crippen molar-refractivity contribution in [2.75, 3.05) is 14.2 Å². The number of aryl methyl sites for hydroxylation is 2. The average molecular weight is 738 g/mol. The number of hydrogen-bond donors (Lipinski definition) is 1. The molecule has 0 saturated heterocycles. The number of aromatic hydroxyl groups is 1. The molecule has 2 aliphatic carbocycles. The third-order valence-corrected chi connectivity index (χ3v) is 10.8. The maximum Gasteiger partial charge on any atom is 0.573 e. The van der Waals surface area contributed by atoms with Crippen molar-refractivity contribution in [1.29, 1.82) is 0 Å². The molecule has 14 nitrogen and oxygen atoms in total. The Balaban J connectivity index is 1.31. The molecule has 4 aromatic rings. The molecule has 1 saturated carbocycles. The number of hydrogen-bond acceptors (Lipinski definition) is 10. The normalized spacial score (nSPS) is 22.5. The number of Topliss-reactive ketones (excluding diaryl/α,β-unsaturated/α-hetero) is 1. The first kappa shape index (κ1) is 35.5. The molecule has 1 aliphatic heterocycles. The Labute approximate surface area is 297 Å². The Bertz CT molecular complexity index is 2490. The summed E-state index contributed by atoms with van der Waals surface area (Å²) in [4.78, 5) is 73.5. The molecule has 2 aromatic heterocycles. The van der Waals surface area contributed by atoms with Gasteiger partial charge < -0.3 is 23.9 Å². The lowest BCUT2D eigenvalue weighted by Gasteiger charge is -2.52. The maximum absolute atomic E-state index is 14.2. The van der Waals surface area contributed by atoms with Crippen LogP contribution in [-0.4, -0.2) is 60.7 Å². The number of aromatic nitrogens is 5. The van der Waals surface area contributed by atoms with Crippen molar-refractivity contribution in [3.05, 3.63) is 96.2 Å². The van der Waals surface area contributed by atoms with Crippen molar-refractivity contribution in [2.24, 2.45) is 18.4 Å². The monoisotopic (exact) mass is 737 g/mol. The molecule has 3 aliphatic rings. The summed E-state index contributed by atoms with van der Waals surface area (Å²) < 4.78 is 59.4. The quantitative estimate of drug-likeness (QED) is 0.278. The van der Waals surface area contributed by atoms with Gasteiger partial charge >= 0.3 is 17.7 Å². The highest BCUT2D eigenvalue weighted by Gasteiger charge is 2.59. The topological polar surface area (TPSA) is 166 Å². The van der Waals surface area contributed by atoms with Gasteiger partial charge in [-0.2, -0.15) is 0 Å².